The third-order valence-corrected chi connectivity index (χ3v) is 3.58. The molecule has 0 aromatic carbocycles. The molecule has 0 spiro atoms. The van der Waals surface area contributed by atoms with Crippen LogP contribution in [0.25, 0.3) is 0 Å². The summed E-state index contributed by atoms with van der Waals surface area (Å²) >= 11 is 0. The van der Waals surface area contributed by atoms with Gasteiger partial charge in [0.15, 0.2) is 0 Å². The molecule has 3 fully saturated rings. The van der Waals surface area contributed by atoms with Gasteiger partial charge in [0.25, 0.3) is 0 Å². The molecular formula is C6H11O8P. The molecule has 7 atom stereocenters. The monoisotopic (exact) mass is 242 g/mol. The largest absolute Gasteiger partial charge is 0.473 e. The first-order valence-corrected chi connectivity index (χ1v) is 5.75. The fourth-order valence-electron chi connectivity index (χ4n) is 1.76. The summed E-state index contributed by atoms with van der Waals surface area (Å²) in [6.07, 6.45) is -9.45. The number of rotatable bonds is 0. The first-order chi connectivity index (χ1) is 6.83. The normalized spacial score (nSPS) is 60.3. The number of aliphatic hydroxyl groups excluding tert-OH is 4. The smallest absolute Gasteiger partial charge is 0.387 e. The molecule has 1 aliphatic carbocycles. The average Bonchev–Trinajstić information content (AvgIpc) is 2.29. The second kappa shape index (κ2) is 3.47. The van der Waals surface area contributed by atoms with Gasteiger partial charge in [0, 0.05) is 0 Å². The molecule has 2 bridgehead atoms. The maximum Gasteiger partial charge on any atom is 0.473 e. The first-order valence-electron chi connectivity index (χ1n) is 4.25. The van der Waals surface area contributed by atoms with Crippen LogP contribution in [0.5, 0.6) is 0 Å². The van der Waals surface area contributed by atoms with Gasteiger partial charge in [-0.05, 0) is 0 Å². The van der Waals surface area contributed by atoms with Gasteiger partial charge >= 0.3 is 7.82 Å². The molecule has 0 amide bonds. The van der Waals surface area contributed by atoms with Gasteiger partial charge in [0.05, 0.1) is 0 Å². The fraction of sp³-hybridized carbons (Fsp3) is 1.00. The van der Waals surface area contributed by atoms with E-state index >= 15 is 0 Å². The minimum absolute atomic E-state index is 1.55. The Morgan fingerprint density at radius 3 is 1.33 bits per heavy atom. The average molecular weight is 242 g/mol. The molecule has 0 aromatic rings. The Labute approximate surface area is 84.3 Å². The molecule has 3 unspecified atom stereocenters. The van der Waals surface area contributed by atoms with Crippen LogP contribution >= 0.6 is 7.82 Å². The van der Waals surface area contributed by atoms with Crippen molar-refractivity contribution in [1.82, 2.24) is 0 Å². The van der Waals surface area contributed by atoms with Crippen molar-refractivity contribution in [2.24, 2.45) is 0 Å². The van der Waals surface area contributed by atoms with Crippen LogP contribution in [0.2, 0.25) is 0 Å². The third-order valence-electron chi connectivity index (χ3n) is 2.56. The Kier molecular flexibility index (Phi) is 2.65. The van der Waals surface area contributed by atoms with E-state index in [9.17, 15) is 25.0 Å². The van der Waals surface area contributed by atoms with Crippen LogP contribution in [-0.2, 0) is 13.6 Å². The maximum absolute atomic E-state index is 11.2. The van der Waals surface area contributed by atoms with Gasteiger partial charge in [-0.25, -0.2) is 4.57 Å². The van der Waals surface area contributed by atoms with Gasteiger partial charge in [-0.2, -0.15) is 0 Å². The number of phosphoric ester groups is 1. The van der Waals surface area contributed by atoms with Crippen molar-refractivity contribution in [2.75, 3.05) is 0 Å². The topological polar surface area (TPSA) is 137 Å². The van der Waals surface area contributed by atoms with Crippen molar-refractivity contribution in [1.29, 1.82) is 0 Å². The molecule has 2 aliphatic heterocycles. The highest BCUT2D eigenvalue weighted by molar-refractivity contribution is 7.47. The molecule has 3 aliphatic rings. The van der Waals surface area contributed by atoms with E-state index < -0.39 is 44.4 Å². The summed E-state index contributed by atoms with van der Waals surface area (Å²) in [4.78, 5) is 9.07. The minimum Gasteiger partial charge on any atom is -0.387 e. The first kappa shape index (κ1) is 11.4. The summed E-state index contributed by atoms with van der Waals surface area (Å²) in [6.45, 7) is 0. The molecule has 9 heteroatoms. The van der Waals surface area contributed by atoms with E-state index in [1.807, 2.05) is 0 Å². The van der Waals surface area contributed by atoms with Gasteiger partial charge in [-0.3, -0.25) is 9.05 Å². The van der Waals surface area contributed by atoms with Crippen molar-refractivity contribution in [3.63, 3.8) is 0 Å². The van der Waals surface area contributed by atoms with Crippen LogP contribution < -0.4 is 0 Å². The number of aliphatic hydroxyl groups is 4. The lowest BCUT2D eigenvalue weighted by molar-refractivity contribution is -0.189. The lowest BCUT2D eigenvalue weighted by Crippen LogP contribution is -2.62. The summed E-state index contributed by atoms with van der Waals surface area (Å²) in [5.41, 5.74) is 0. The van der Waals surface area contributed by atoms with Crippen LogP contribution in [0, 0.1) is 0 Å². The summed E-state index contributed by atoms with van der Waals surface area (Å²) in [5.74, 6) is 0. The van der Waals surface area contributed by atoms with Gasteiger partial charge in [0.2, 0.25) is 0 Å². The number of fused-ring (bicyclic) bond motifs is 4. The Hall–Kier alpha value is -0.0500. The zero-order valence-electron chi connectivity index (χ0n) is 7.37. The van der Waals surface area contributed by atoms with Crippen LogP contribution in [-0.4, -0.2) is 61.9 Å². The lowest BCUT2D eigenvalue weighted by Gasteiger charge is -2.38. The summed E-state index contributed by atoms with van der Waals surface area (Å²) in [7, 11) is -4.47. The zero-order valence-corrected chi connectivity index (χ0v) is 8.27. The second-order valence-corrected chi connectivity index (χ2v) is 4.93. The molecule has 2 heterocycles. The minimum atomic E-state index is -4.47. The Morgan fingerprint density at radius 2 is 1.07 bits per heavy atom. The molecule has 8 nitrogen and oxygen atoms in total. The quantitative estimate of drug-likeness (QED) is 0.290. The van der Waals surface area contributed by atoms with Crippen molar-refractivity contribution in [2.45, 2.75) is 36.6 Å². The third kappa shape index (κ3) is 1.73. The zero-order chi connectivity index (χ0) is 11.4. The van der Waals surface area contributed by atoms with E-state index in [0.29, 0.717) is 0 Å². The standard InChI is InChI=1S/C6H11O8P/c7-1-2(8)6-4(10)3(9)5(1)13-15(11,12)14-6/h1-10H,(H,11,12)/t1-,2-,3-,4+,5?,6?/m0/s1. The SMILES string of the molecule is O=P1(O)OC2[C@@H](O)[C@H](O)C(O1)[C@H](O)[C@@H]2O. The number of phosphoric acid groups is 1. The predicted octanol–water partition coefficient (Wildman–Crippen LogP) is -2.67. The highest BCUT2D eigenvalue weighted by Gasteiger charge is 2.57. The summed E-state index contributed by atoms with van der Waals surface area (Å²) in [5, 5.41) is 37.6. The molecule has 5 N–H and O–H groups in total. The van der Waals surface area contributed by atoms with Crippen LogP contribution in [0.3, 0.4) is 0 Å². The molecule has 3 rings (SSSR count). The summed E-state index contributed by atoms with van der Waals surface area (Å²) < 4.78 is 20.0. The molecule has 2 saturated heterocycles. The van der Waals surface area contributed by atoms with E-state index in [4.69, 9.17) is 4.89 Å². The molecule has 1 saturated carbocycles. The van der Waals surface area contributed by atoms with Gasteiger partial charge in [0.1, 0.15) is 36.6 Å². The van der Waals surface area contributed by atoms with Gasteiger partial charge < -0.3 is 25.3 Å². The molecule has 0 radical (unpaired) electrons. The van der Waals surface area contributed by atoms with E-state index in [1.165, 1.54) is 0 Å². The van der Waals surface area contributed by atoms with E-state index in [1.54, 1.807) is 0 Å². The van der Waals surface area contributed by atoms with Crippen LogP contribution in [0.15, 0.2) is 0 Å². The van der Waals surface area contributed by atoms with Gasteiger partial charge in [-0.15, -0.1) is 0 Å². The fourth-order valence-corrected chi connectivity index (χ4v) is 2.93. The molecule has 88 valence electrons. The Bertz CT molecular complexity index is 266. The Balaban J connectivity index is 2.39. The van der Waals surface area contributed by atoms with Crippen LogP contribution in [0.1, 0.15) is 0 Å². The highest BCUT2D eigenvalue weighted by atomic mass is 31.2. The van der Waals surface area contributed by atoms with Crippen LogP contribution in [0.4, 0.5) is 0 Å². The second-order valence-electron chi connectivity index (χ2n) is 3.57. The van der Waals surface area contributed by atoms with Gasteiger partial charge in [-0.1, -0.05) is 0 Å². The predicted molar refractivity (Wildman–Crippen MR) is 43.6 cm³/mol. The van der Waals surface area contributed by atoms with E-state index in [0.717, 1.165) is 0 Å². The number of hydrogen-bond acceptors (Lipinski definition) is 7. The van der Waals surface area contributed by atoms with E-state index in [-0.39, 0.29) is 0 Å². The van der Waals surface area contributed by atoms with E-state index in [2.05, 4.69) is 9.05 Å². The Morgan fingerprint density at radius 1 is 0.800 bits per heavy atom. The molecule has 0 aromatic heterocycles. The lowest BCUT2D eigenvalue weighted by atomic mass is 9.85. The van der Waals surface area contributed by atoms with Crippen molar-refractivity contribution in [3.8, 4) is 0 Å². The maximum atomic E-state index is 11.2. The highest BCUT2D eigenvalue weighted by Crippen LogP contribution is 2.53. The van der Waals surface area contributed by atoms with Crippen molar-refractivity contribution >= 4 is 7.82 Å². The van der Waals surface area contributed by atoms with Crippen molar-refractivity contribution in [3.05, 3.63) is 0 Å². The molecule has 15 heavy (non-hydrogen) atoms. The van der Waals surface area contributed by atoms with Crippen molar-refractivity contribution < 1.29 is 38.9 Å². The summed E-state index contributed by atoms with van der Waals surface area (Å²) in [6, 6.07) is 0. The number of hydrogen-bond donors (Lipinski definition) is 5. The molecular weight excluding hydrogens is 231 g/mol.